The van der Waals surface area contributed by atoms with E-state index in [1.165, 1.54) is 0 Å². The average Bonchev–Trinajstić information content (AvgIpc) is 2.24. The molecule has 1 aromatic carbocycles. The normalized spacial score (nSPS) is 10.2. The smallest absolute Gasteiger partial charge is 0.306 e. The number of benzene rings is 1. The number of aromatic amines is 2. The van der Waals surface area contributed by atoms with Crippen LogP contribution in [0.5, 0.6) is 0 Å². The van der Waals surface area contributed by atoms with Crippen molar-refractivity contribution in [3.63, 3.8) is 0 Å². The van der Waals surface area contributed by atoms with Crippen LogP contribution >= 0.6 is 15.9 Å². The maximum Gasteiger partial charge on any atom is 0.326 e. The van der Waals surface area contributed by atoms with Gasteiger partial charge >= 0.3 is 5.69 Å². The third-order valence-corrected chi connectivity index (χ3v) is 2.70. The van der Waals surface area contributed by atoms with Crippen molar-refractivity contribution < 1.29 is 0 Å². The molecule has 0 saturated heterocycles. The molecular weight excluding hydrogens is 260 g/mol. The third-order valence-electron chi connectivity index (χ3n) is 1.95. The summed E-state index contributed by atoms with van der Waals surface area (Å²) in [6, 6.07) is 9.16. The van der Waals surface area contributed by atoms with E-state index >= 15 is 0 Å². The van der Waals surface area contributed by atoms with E-state index in [2.05, 4.69) is 25.9 Å². The van der Waals surface area contributed by atoms with E-state index in [-0.39, 0.29) is 0 Å². The molecular formula is C10H7BrN2O2. The van der Waals surface area contributed by atoms with Crippen LogP contribution in [0, 0.1) is 0 Å². The van der Waals surface area contributed by atoms with Gasteiger partial charge in [0.15, 0.2) is 0 Å². The molecule has 76 valence electrons. The first-order valence-electron chi connectivity index (χ1n) is 4.26. The molecule has 0 aliphatic heterocycles. The minimum Gasteiger partial charge on any atom is -0.306 e. The van der Waals surface area contributed by atoms with Crippen LogP contribution in [0.2, 0.25) is 0 Å². The van der Waals surface area contributed by atoms with Crippen LogP contribution in [0.1, 0.15) is 0 Å². The summed E-state index contributed by atoms with van der Waals surface area (Å²) in [4.78, 5) is 27.1. The van der Waals surface area contributed by atoms with Gasteiger partial charge in [-0.3, -0.25) is 9.78 Å². The molecule has 15 heavy (non-hydrogen) atoms. The lowest BCUT2D eigenvalue weighted by Gasteiger charge is -2.02. The fourth-order valence-corrected chi connectivity index (χ4v) is 1.70. The van der Waals surface area contributed by atoms with Gasteiger partial charge in [-0.15, -0.1) is 0 Å². The van der Waals surface area contributed by atoms with Crippen molar-refractivity contribution in [3.8, 4) is 11.3 Å². The molecule has 0 saturated carbocycles. The average molecular weight is 267 g/mol. The summed E-state index contributed by atoms with van der Waals surface area (Å²) in [7, 11) is 0. The molecule has 1 aromatic heterocycles. The Kier molecular flexibility index (Phi) is 2.55. The van der Waals surface area contributed by atoms with Crippen LogP contribution in [-0.4, -0.2) is 9.97 Å². The summed E-state index contributed by atoms with van der Waals surface area (Å²) in [5.74, 6) is 0. The first-order valence-corrected chi connectivity index (χ1v) is 5.05. The SMILES string of the molecule is O=c1[nH]c(-c2ccccc2)c(Br)c(=O)[nH]1. The summed E-state index contributed by atoms with van der Waals surface area (Å²) >= 11 is 3.14. The van der Waals surface area contributed by atoms with Crippen LogP contribution in [0.15, 0.2) is 44.4 Å². The first kappa shape index (κ1) is 9.92. The Labute approximate surface area is 93.1 Å². The van der Waals surface area contributed by atoms with Gasteiger partial charge in [-0.2, -0.15) is 0 Å². The highest BCUT2D eigenvalue weighted by Gasteiger charge is 2.07. The largest absolute Gasteiger partial charge is 0.326 e. The molecule has 2 aromatic rings. The molecule has 0 unspecified atom stereocenters. The topological polar surface area (TPSA) is 65.7 Å². The van der Waals surface area contributed by atoms with Crippen LogP contribution in [-0.2, 0) is 0 Å². The van der Waals surface area contributed by atoms with Crippen molar-refractivity contribution in [1.29, 1.82) is 0 Å². The van der Waals surface area contributed by atoms with Crippen LogP contribution in [0.4, 0.5) is 0 Å². The summed E-state index contributed by atoms with van der Waals surface area (Å²) < 4.78 is 0.327. The molecule has 0 aliphatic carbocycles. The zero-order valence-electron chi connectivity index (χ0n) is 7.58. The zero-order valence-corrected chi connectivity index (χ0v) is 9.17. The maximum atomic E-state index is 11.3. The third kappa shape index (κ3) is 1.92. The van der Waals surface area contributed by atoms with Gasteiger partial charge in [-0.05, 0) is 21.5 Å². The second-order valence-electron chi connectivity index (χ2n) is 2.96. The van der Waals surface area contributed by atoms with Gasteiger partial charge in [0.2, 0.25) is 0 Å². The zero-order chi connectivity index (χ0) is 10.8. The Morgan fingerprint density at radius 2 is 1.67 bits per heavy atom. The van der Waals surface area contributed by atoms with Gasteiger partial charge in [0.1, 0.15) is 4.47 Å². The van der Waals surface area contributed by atoms with Crippen molar-refractivity contribution in [2.24, 2.45) is 0 Å². The predicted octanol–water partition coefficient (Wildman–Crippen LogP) is 1.49. The van der Waals surface area contributed by atoms with Crippen molar-refractivity contribution in [2.75, 3.05) is 0 Å². The summed E-state index contributed by atoms with van der Waals surface area (Å²) in [5.41, 5.74) is 0.330. The minimum atomic E-state index is -0.512. The van der Waals surface area contributed by atoms with Gasteiger partial charge in [-0.25, -0.2) is 4.79 Å². The van der Waals surface area contributed by atoms with Gasteiger partial charge in [0, 0.05) is 0 Å². The van der Waals surface area contributed by atoms with E-state index in [9.17, 15) is 9.59 Å². The molecule has 1 heterocycles. The predicted molar refractivity (Wildman–Crippen MR) is 60.8 cm³/mol. The second-order valence-corrected chi connectivity index (χ2v) is 3.76. The van der Waals surface area contributed by atoms with E-state index in [0.29, 0.717) is 10.2 Å². The molecule has 0 amide bonds. The minimum absolute atomic E-state index is 0.327. The number of rotatable bonds is 1. The molecule has 0 fully saturated rings. The summed E-state index contributed by atoms with van der Waals surface area (Å²) in [6.45, 7) is 0. The Hall–Kier alpha value is -1.62. The number of nitrogens with one attached hydrogen (secondary N) is 2. The quantitative estimate of drug-likeness (QED) is 0.822. The van der Waals surface area contributed by atoms with E-state index in [4.69, 9.17) is 0 Å². The number of halogens is 1. The lowest BCUT2D eigenvalue weighted by atomic mass is 10.1. The molecule has 0 bridgehead atoms. The molecule has 2 rings (SSSR count). The van der Waals surface area contributed by atoms with Crippen molar-refractivity contribution in [1.82, 2.24) is 9.97 Å². The van der Waals surface area contributed by atoms with E-state index in [0.717, 1.165) is 5.56 Å². The Balaban J connectivity index is 2.74. The lowest BCUT2D eigenvalue weighted by molar-refractivity contribution is 1.03. The maximum absolute atomic E-state index is 11.3. The highest BCUT2D eigenvalue weighted by molar-refractivity contribution is 9.10. The fourth-order valence-electron chi connectivity index (χ4n) is 1.27. The Bertz CT molecular complexity index is 586. The molecule has 2 N–H and O–H groups in total. The first-order chi connectivity index (χ1) is 7.18. The molecule has 4 nitrogen and oxygen atoms in total. The lowest BCUT2D eigenvalue weighted by Crippen LogP contribution is -2.23. The van der Waals surface area contributed by atoms with Crippen molar-refractivity contribution in [3.05, 3.63) is 55.6 Å². The molecule has 0 radical (unpaired) electrons. The number of hydrogen-bond donors (Lipinski definition) is 2. The molecule has 0 spiro atoms. The van der Waals surface area contributed by atoms with Gasteiger partial charge in [0.25, 0.3) is 5.56 Å². The summed E-state index contributed by atoms with van der Waals surface area (Å²) in [6.07, 6.45) is 0. The second kappa shape index (κ2) is 3.86. The van der Waals surface area contributed by atoms with Crippen molar-refractivity contribution >= 4 is 15.9 Å². The molecule has 0 aliphatic rings. The highest BCUT2D eigenvalue weighted by Crippen LogP contribution is 2.20. The van der Waals surface area contributed by atoms with E-state index in [1.54, 1.807) is 0 Å². The van der Waals surface area contributed by atoms with Gasteiger partial charge in [-0.1, -0.05) is 30.3 Å². The monoisotopic (exact) mass is 266 g/mol. The molecule has 5 heteroatoms. The van der Waals surface area contributed by atoms with Crippen molar-refractivity contribution in [2.45, 2.75) is 0 Å². The van der Waals surface area contributed by atoms with E-state index in [1.807, 2.05) is 30.3 Å². The van der Waals surface area contributed by atoms with Crippen LogP contribution in [0.25, 0.3) is 11.3 Å². The Morgan fingerprint density at radius 1 is 1.00 bits per heavy atom. The standard InChI is InChI=1S/C10H7BrN2O2/c11-7-8(6-4-2-1-3-5-6)12-10(15)13-9(7)14/h1-5H,(H2,12,13,14,15). The van der Waals surface area contributed by atoms with E-state index < -0.39 is 11.2 Å². The number of H-pyrrole nitrogens is 2. The van der Waals surface area contributed by atoms with Gasteiger partial charge in [0.05, 0.1) is 5.69 Å². The van der Waals surface area contributed by atoms with Crippen LogP contribution < -0.4 is 11.2 Å². The fraction of sp³-hybridized carbons (Fsp3) is 0. The molecule has 0 atom stereocenters. The summed E-state index contributed by atoms with van der Waals surface area (Å²) in [5, 5.41) is 0. The number of aromatic nitrogens is 2. The number of hydrogen-bond acceptors (Lipinski definition) is 2. The van der Waals surface area contributed by atoms with Crippen LogP contribution in [0.3, 0.4) is 0 Å². The highest BCUT2D eigenvalue weighted by atomic mass is 79.9. The van der Waals surface area contributed by atoms with Gasteiger partial charge < -0.3 is 4.98 Å². The Morgan fingerprint density at radius 3 is 2.33 bits per heavy atom.